The summed E-state index contributed by atoms with van der Waals surface area (Å²) in [5, 5.41) is 2.11. The fraction of sp³-hybridized carbons (Fsp3) is 0.583. The molecule has 4 nitrogen and oxygen atoms in total. The first kappa shape index (κ1) is 12.4. The maximum atomic E-state index is 11.5. The Bertz CT molecular complexity index is 345. The summed E-state index contributed by atoms with van der Waals surface area (Å²) in [5.41, 5.74) is 0. The number of nitrogens with one attached hydrogen (secondary N) is 1. The third-order valence-electron chi connectivity index (χ3n) is 3.00. The van der Waals surface area contributed by atoms with E-state index in [0.29, 0.717) is 6.61 Å². The predicted molar refractivity (Wildman–Crippen MR) is 67.3 cm³/mol. The Morgan fingerprint density at radius 2 is 2.29 bits per heavy atom. The summed E-state index contributed by atoms with van der Waals surface area (Å²) in [4.78, 5) is 16.3. The molecule has 1 saturated heterocycles. The molecule has 0 bridgehead atoms. The number of piperazine rings is 1. The standard InChI is InChI=1S/C12H18N2O2S/c1-2-16-12(15)14-7-5-13(6-8-14)10-11-4-3-9-17-11/h3-4,9H,2,5-8,10H2,1H3/p+1. The highest BCUT2D eigenvalue weighted by Crippen LogP contribution is 2.06. The summed E-state index contributed by atoms with van der Waals surface area (Å²) >= 11 is 1.81. The Balaban J connectivity index is 1.76. The van der Waals surface area contributed by atoms with Crippen LogP contribution >= 0.6 is 11.3 Å². The van der Waals surface area contributed by atoms with Crippen LogP contribution in [-0.4, -0.2) is 43.8 Å². The van der Waals surface area contributed by atoms with Crippen molar-refractivity contribution in [3.63, 3.8) is 0 Å². The summed E-state index contributed by atoms with van der Waals surface area (Å²) < 4.78 is 5.00. The Labute approximate surface area is 106 Å². The van der Waals surface area contributed by atoms with Crippen LogP contribution in [-0.2, 0) is 11.3 Å². The lowest BCUT2D eigenvalue weighted by Crippen LogP contribution is -3.13. The quantitative estimate of drug-likeness (QED) is 0.858. The lowest BCUT2D eigenvalue weighted by molar-refractivity contribution is -0.917. The van der Waals surface area contributed by atoms with Gasteiger partial charge in [-0.2, -0.15) is 0 Å². The molecule has 2 rings (SSSR count). The number of hydrogen-bond donors (Lipinski definition) is 1. The highest BCUT2D eigenvalue weighted by Gasteiger charge is 2.24. The minimum atomic E-state index is -0.164. The second-order valence-electron chi connectivity index (χ2n) is 4.19. The second-order valence-corrected chi connectivity index (χ2v) is 5.22. The minimum Gasteiger partial charge on any atom is -0.450 e. The average Bonchev–Trinajstić information content (AvgIpc) is 2.83. The van der Waals surface area contributed by atoms with Gasteiger partial charge in [-0.3, -0.25) is 4.90 Å². The van der Waals surface area contributed by atoms with E-state index < -0.39 is 0 Å². The highest BCUT2D eigenvalue weighted by molar-refractivity contribution is 7.09. The predicted octanol–water partition coefficient (Wildman–Crippen LogP) is 0.605. The van der Waals surface area contributed by atoms with E-state index in [1.165, 1.54) is 4.88 Å². The lowest BCUT2D eigenvalue weighted by atomic mass is 10.3. The fourth-order valence-electron chi connectivity index (χ4n) is 2.06. The van der Waals surface area contributed by atoms with Crippen LogP contribution in [0.4, 0.5) is 4.79 Å². The maximum absolute atomic E-state index is 11.5. The molecule has 0 radical (unpaired) electrons. The molecule has 17 heavy (non-hydrogen) atoms. The van der Waals surface area contributed by atoms with Crippen molar-refractivity contribution in [2.45, 2.75) is 13.5 Å². The SMILES string of the molecule is CCOC(=O)N1CC[NH+](Cc2cccs2)CC1. The Hall–Kier alpha value is -1.07. The number of quaternary nitrogens is 1. The van der Waals surface area contributed by atoms with Gasteiger partial charge in [0.1, 0.15) is 6.54 Å². The number of carbonyl (C=O) groups is 1. The number of rotatable bonds is 3. The van der Waals surface area contributed by atoms with E-state index in [9.17, 15) is 4.79 Å². The van der Waals surface area contributed by atoms with Crippen molar-refractivity contribution in [1.29, 1.82) is 0 Å². The normalized spacial score (nSPS) is 17.1. The van der Waals surface area contributed by atoms with Crippen molar-refractivity contribution in [2.24, 2.45) is 0 Å². The number of amides is 1. The molecule has 1 amide bonds. The summed E-state index contributed by atoms with van der Waals surface area (Å²) in [5.74, 6) is 0. The molecule has 1 aliphatic rings. The molecule has 1 aliphatic heterocycles. The van der Waals surface area contributed by atoms with Crippen LogP contribution in [0.1, 0.15) is 11.8 Å². The molecule has 94 valence electrons. The van der Waals surface area contributed by atoms with Crippen LogP contribution in [0.3, 0.4) is 0 Å². The van der Waals surface area contributed by atoms with Crippen LogP contribution < -0.4 is 4.90 Å². The fourth-order valence-corrected chi connectivity index (χ4v) is 2.83. The van der Waals surface area contributed by atoms with Gasteiger partial charge in [-0.25, -0.2) is 4.79 Å². The number of ether oxygens (including phenoxy) is 1. The summed E-state index contributed by atoms with van der Waals surface area (Å²) in [6.07, 6.45) is -0.164. The Morgan fingerprint density at radius 1 is 1.53 bits per heavy atom. The number of thiophene rings is 1. The van der Waals surface area contributed by atoms with E-state index in [2.05, 4.69) is 17.5 Å². The van der Waals surface area contributed by atoms with Crippen LogP contribution in [0, 0.1) is 0 Å². The number of carbonyl (C=O) groups excluding carboxylic acids is 1. The highest BCUT2D eigenvalue weighted by atomic mass is 32.1. The van der Waals surface area contributed by atoms with Crippen molar-refractivity contribution in [3.05, 3.63) is 22.4 Å². The topological polar surface area (TPSA) is 34.0 Å². The summed E-state index contributed by atoms with van der Waals surface area (Å²) in [6.45, 7) is 7.01. The number of hydrogen-bond acceptors (Lipinski definition) is 3. The van der Waals surface area contributed by atoms with Crippen molar-refractivity contribution in [2.75, 3.05) is 32.8 Å². The van der Waals surface area contributed by atoms with Gasteiger partial charge in [-0.05, 0) is 18.4 Å². The third kappa shape index (κ3) is 3.44. The third-order valence-corrected chi connectivity index (χ3v) is 3.88. The molecule has 0 aliphatic carbocycles. The lowest BCUT2D eigenvalue weighted by Gasteiger charge is -2.31. The molecule has 1 fully saturated rings. The van der Waals surface area contributed by atoms with E-state index in [1.54, 1.807) is 21.1 Å². The first-order valence-electron chi connectivity index (χ1n) is 6.07. The van der Waals surface area contributed by atoms with Gasteiger partial charge >= 0.3 is 6.09 Å². The first-order chi connectivity index (χ1) is 8.29. The van der Waals surface area contributed by atoms with E-state index >= 15 is 0 Å². The molecule has 0 aromatic carbocycles. The summed E-state index contributed by atoms with van der Waals surface area (Å²) in [7, 11) is 0. The number of nitrogens with zero attached hydrogens (tertiary/aromatic N) is 1. The van der Waals surface area contributed by atoms with Gasteiger partial charge in [0.05, 0.1) is 37.7 Å². The van der Waals surface area contributed by atoms with Crippen LogP contribution in [0.5, 0.6) is 0 Å². The van der Waals surface area contributed by atoms with Crippen molar-refractivity contribution in [1.82, 2.24) is 4.90 Å². The van der Waals surface area contributed by atoms with Crippen molar-refractivity contribution >= 4 is 17.4 Å². The van der Waals surface area contributed by atoms with Gasteiger partial charge in [-0.15, -0.1) is 11.3 Å². The van der Waals surface area contributed by atoms with E-state index in [4.69, 9.17) is 4.74 Å². The zero-order valence-corrected chi connectivity index (χ0v) is 11.0. The average molecular weight is 255 g/mol. The van der Waals surface area contributed by atoms with Gasteiger partial charge in [0, 0.05) is 0 Å². The van der Waals surface area contributed by atoms with Crippen molar-refractivity contribution in [3.8, 4) is 0 Å². The molecular weight excluding hydrogens is 236 g/mol. The second kappa shape index (κ2) is 6.02. The van der Waals surface area contributed by atoms with Gasteiger partial charge in [0.2, 0.25) is 0 Å². The largest absolute Gasteiger partial charge is 0.450 e. The minimum absolute atomic E-state index is 0.164. The van der Waals surface area contributed by atoms with Crippen LogP contribution in [0.2, 0.25) is 0 Å². The molecule has 0 spiro atoms. The monoisotopic (exact) mass is 255 g/mol. The Kier molecular flexibility index (Phi) is 4.39. The van der Waals surface area contributed by atoms with Gasteiger partial charge in [0.25, 0.3) is 0 Å². The van der Waals surface area contributed by atoms with Crippen LogP contribution in [0.15, 0.2) is 17.5 Å². The molecule has 0 atom stereocenters. The summed E-state index contributed by atoms with van der Waals surface area (Å²) in [6, 6.07) is 4.27. The Morgan fingerprint density at radius 3 is 2.88 bits per heavy atom. The van der Waals surface area contributed by atoms with Crippen molar-refractivity contribution < 1.29 is 14.4 Å². The molecule has 0 unspecified atom stereocenters. The zero-order valence-electron chi connectivity index (χ0n) is 10.1. The van der Waals surface area contributed by atoms with E-state index in [-0.39, 0.29) is 6.09 Å². The van der Waals surface area contributed by atoms with Crippen LogP contribution in [0.25, 0.3) is 0 Å². The van der Waals surface area contributed by atoms with Gasteiger partial charge in [0.15, 0.2) is 0 Å². The van der Waals surface area contributed by atoms with E-state index in [1.807, 2.05) is 6.92 Å². The molecule has 1 aromatic rings. The molecule has 2 heterocycles. The first-order valence-corrected chi connectivity index (χ1v) is 6.95. The molecule has 1 N–H and O–H groups in total. The molecule has 1 aromatic heterocycles. The van der Waals surface area contributed by atoms with Gasteiger partial charge in [-0.1, -0.05) is 6.07 Å². The molecule has 5 heteroatoms. The molecular formula is C12H19N2O2S+. The van der Waals surface area contributed by atoms with E-state index in [0.717, 1.165) is 32.7 Å². The van der Waals surface area contributed by atoms with Gasteiger partial charge < -0.3 is 9.64 Å². The zero-order chi connectivity index (χ0) is 12.1. The molecule has 0 saturated carbocycles. The maximum Gasteiger partial charge on any atom is 0.410 e. The smallest absolute Gasteiger partial charge is 0.410 e.